The molecule has 0 bridgehead atoms. The van der Waals surface area contributed by atoms with Crippen molar-refractivity contribution in [1.29, 1.82) is 5.41 Å². The summed E-state index contributed by atoms with van der Waals surface area (Å²) >= 11 is 6.06. The molecule has 5 N–H and O–H groups in total. The van der Waals surface area contributed by atoms with Gasteiger partial charge in [0.05, 0.1) is 17.3 Å². The summed E-state index contributed by atoms with van der Waals surface area (Å²) in [6.07, 6.45) is 9.39. The normalized spacial score (nSPS) is 16.6. The van der Waals surface area contributed by atoms with Crippen LogP contribution in [0.4, 0.5) is 30.4 Å². The summed E-state index contributed by atoms with van der Waals surface area (Å²) in [5.74, 6) is -0.911. The van der Waals surface area contributed by atoms with Crippen LogP contribution >= 0.6 is 11.6 Å². The van der Waals surface area contributed by atoms with Gasteiger partial charge in [-0.15, -0.1) is 0 Å². The number of anilines is 3. The van der Waals surface area contributed by atoms with Gasteiger partial charge in [0.1, 0.15) is 23.3 Å². The Morgan fingerprint density at radius 2 is 1.66 bits per heavy atom. The van der Waals surface area contributed by atoms with E-state index in [0.29, 0.717) is 35.0 Å². The third-order valence-electron chi connectivity index (χ3n) is 10.0. The van der Waals surface area contributed by atoms with Crippen molar-refractivity contribution in [3.63, 3.8) is 0 Å². The second kappa shape index (κ2) is 23.6. The van der Waals surface area contributed by atoms with Crippen LogP contribution in [0.3, 0.4) is 0 Å². The fraction of sp³-hybridized carbons (Fsp3) is 0.400. The highest BCUT2D eigenvalue weighted by atomic mass is 35.5. The molecule has 0 radical (unpaired) electrons. The third-order valence-corrected chi connectivity index (χ3v) is 11.9. The summed E-state index contributed by atoms with van der Waals surface area (Å²) in [6.45, 7) is 11.4. The second-order valence-corrected chi connectivity index (χ2v) is 16.3. The fourth-order valence-corrected chi connectivity index (χ4v) is 8.59. The number of hydrogen-bond acceptors (Lipinski definition) is 8. The van der Waals surface area contributed by atoms with Gasteiger partial charge < -0.3 is 31.6 Å². The number of nitrogens with one attached hydrogen (secondary N) is 3. The van der Waals surface area contributed by atoms with Crippen molar-refractivity contribution in [3.8, 4) is 0 Å². The lowest BCUT2D eigenvalue weighted by atomic mass is 10.00. The first-order chi connectivity index (χ1) is 28.5. The van der Waals surface area contributed by atoms with E-state index in [1.54, 1.807) is 36.4 Å². The smallest absolute Gasteiger partial charge is 0.255 e. The van der Waals surface area contributed by atoms with Gasteiger partial charge in [0.15, 0.2) is 0 Å². The molecule has 3 heterocycles. The van der Waals surface area contributed by atoms with E-state index in [1.165, 1.54) is 37.9 Å². The van der Waals surface area contributed by atoms with Crippen LogP contribution in [0.5, 0.6) is 0 Å². The standard InChI is InChI=1S/C22H24ClF2N3O2S.C21H27FN4.C2H6/c1-3-9-31(30)12-19(14-5-4-6-15(23)10-14)28-22(29)16(11-26)21(27)20-13(2)17(24)7-8-18(20)25;22-17-6-4-8-19(14-17)26-13-5-7-18(16-26)24-21-15-20(9-10-23-21)25-11-2-1-3-12-25;1-2/h4-8,10-11,19,26H,3,9,12,27H2,1-2H3,(H,28,29);4,6,8-10,14-15,18H,1-3,5,7,11-13,16H2,(H,23,24);1-2H3/b21-16+,26-11?;;. The molecule has 0 spiro atoms. The highest BCUT2D eigenvalue weighted by Crippen LogP contribution is 2.27. The molecule has 0 aliphatic carbocycles. The number of benzene rings is 3. The Hall–Kier alpha value is -4.88. The molecule has 2 aliphatic heterocycles. The number of rotatable bonds is 13. The number of carbonyl (C=O) groups excluding carboxylic acids is 1. The molecular formula is C45H57ClF3N7O2S. The molecule has 59 heavy (non-hydrogen) atoms. The van der Waals surface area contributed by atoms with Gasteiger partial charge in [-0.05, 0) is 105 Å². The van der Waals surface area contributed by atoms with Crippen molar-refractivity contribution in [2.24, 2.45) is 5.73 Å². The first-order valence-corrected chi connectivity index (χ1v) is 22.2. The van der Waals surface area contributed by atoms with E-state index in [-0.39, 0.29) is 34.0 Å². The molecule has 9 nitrogen and oxygen atoms in total. The Morgan fingerprint density at radius 1 is 0.966 bits per heavy atom. The Kier molecular flexibility index (Phi) is 18.8. The Morgan fingerprint density at radius 3 is 2.36 bits per heavy atom. The first-order valence-electron chi connectivity index (χ1n) is 20.3. The molecule has 2 saturated heterocycles. The SMILES string of the molecule is CC.CCCS(=O)CC(NC(=O)/C(C=N)=C(/N)c1c(F)ccc(F)c1C)c1cccc(Cl)c1.Fc1cccc(N2CCCC(Nc3cc(N4CCCCC4)ccn3)C2)c1. The largest absolute Gasteiger partial charge is 0.397 e. The highest BCUT2D eigenvalue weighted by Gasteiger charge is 2.24. The molecule has 0 saturated carbocycles. The van der Waals surface area contributed by atoms with Crippen molar-refractivity contribution in [3.05, 3.63) is 124 Å². The number of hydrogen-bond donors (Lipinski definition) is 4. The third kappa shape index (κ3) is 13.6. The van der Waals surface area contributed by atoms with Crippen molar-refractivity contribution in [2.75, 3.05) is 52.8 Å². The average molecular weight is 853 g/mol. The van der Waals surface area contributed by atoms with Crippen molar-refractivity contribution < 1.29 is 22.2 Å². The summed E-state index contributed by atoms with van der Waals surface area (Å²) in [7, 11) is -1.22. The zero-order valence-electron chi connectivity index (χ0n) is 34.4. The molecule has 2 fully saturated rings. The van der Waals surface area contributed by atoms with Crippen LogP contribution in [0.15, 0.2) is 84.6 Å². The van der Waals surface area contributed by atoms with Gasteiger partial charge in [-0.25, -0.2) is 18.2 Å². The van der Waals surface area contributed by atoms with Gasteiger partial charge in [-0.1, -0.05) is 50.6 Å². The van der Waals surface area contributed by atoms with E-state index in [0.717, 1.165) is 62.7 Å². The maximum absolute atomic E-state index is 14.3. The zero-order chi connectivity index (χ0) is 42.9. The molecule has 1 aromatic heterocycles. The van der Waals surface area contributed by atoms with Gasteiger partial charge in [0, 0.05) is 95.0 Å². The molecule has 14 heteroatoms. The quantitative estimate of drug-likeness (QED) is 0.0780. The van der Waals surface area contributed by atoms with Crippen LogP contribution in [0.25, 0.3) is 5.70 Å². The maximum atomic E-state index is 14.3. The Labute approximate surface area is 354 Å². The number of nitrogens with zero attached hydrogens (tertiary/aromatic N) is 3. The predicted octanol–water partition coefficient (Wildman–Crippen LogP) is 9.58. The summed E-state index contributed by atoms with van der Waals surface area (Å²) in [6, 6.07) is 19.4. The van der Waals surface area contributed by atoms with Crippen molar-refractivity contribution in [1.82, 2.24) is 10.3 Å². The summed E-state index contributed by atoms with van der Waals surface area (Å²) in [5, 5.41) is 14.4. The summed E-state index contributed by atoms with van der Waals surface area (Å²) in [5.41, 5.74) is 7.81. The van der Waals surface area contributed by atoms with E-state index in [2.05, 4.69) is 37.6 Å². The van der Waals surface area contributed by atoms with Crippen LogP contribution < -0.4 is 26.2 Å². The molecule has 1 amide bonds. The number of halogens is 4. The van der Waals surface area contributed by atoms with Crippen molar-refractivity contribution >= 4 is 57.4 Å². The minimum Gasteiger partial charge on any atom is -0.397 e. The van der Waals surface area contributed by atoms with Crippen molar-refractivity contribution in [2.45, 2.75) is 78.3 Å². The van der Waals surface area contributed by atoms with E-state index in [4.69, 9.17) is 22.7 Å². The van der Waals surface area contributed by atoms with Gasteiger partial charge in [0.2, 0.25) is 0 Å². The lowest BCUT2D eigenvalue weighted by Gasteiger charge is -2.35. The van der Waals surface area contributed by atoms with Crippen LogP contribution in [-0.2, 0) is 15.6 Å². The topological polar surface area (TPSA) is 127 Å². The first kappa shape index (κ1) is 46.8. The zero-order valence-corrected chi connectivity index (χ0v) is 36.0. The Balaban J connectivity index is 0.000000253. The van der Waals surface area contributed by atoms with E-state index < -0.39 is 34.4 Å². The van der Waals surface area contributed by atoms with E-state index >= 15 is 0 Å². The minimum atomic E-state index is -1.22. The van der Waals surface area contributed by atoms with Crippen LogP contribution in [0.2, 0.25) is 5.02 Å². The monoisotopic (exact) mass is 851 g/mol. The number of amides is 1. The molecular weight excluding hydrogens is 795 g/mol. The molecule has 4 aromatic rings. The number of carbonyl (C=O) groups is 1. The molecule has 2 aliphatic rings. The van der Waals surface area contributed by atoms with Gasteiger partial charge in [0.25, 0.3) is 5.91 Å². The number of nitrogens with two attached hydrogens (primary N) is 1. The molecule has 3 atom stereocenters. The number of pyridine rings is 1. The Bertz CT molecular complexity index is 2060. The average Bonchev–Trinajstić information content (AvgIpc) is 3.24. The van der Waals surface area contributed by atoms with E-state index in [1.807, 2.05) is 33.0 Å². The molecule has 6 rings (SSSR count). The lowest BCUT2D eigenvalue weighted by molar-refractivity contribution is -0.117. The lowest BCUT2D eigenvalue weighted by Crippen LogP contribution is -2.42. The minimum absolute atomic E-state index is 0.0694. The molecule has 318 valence electrons. The molecule has 3 unspecified atom stereocenters. The van der Waals surface area contributed by atoms with Gasteiger partial charge in [-0.3, -0.25) is 9.00 Å². The summed E-state index contributed by atoms with van der Waals surface area (Å²) in [4.78, 5) is 22.2. The highest BCUT2D eigenvalue weighted by molar-refractivity contribution is 7.85. The van der Waals surface area contributed by atoms with E-state index in [9.17, 15) is 22.2 Å². The second-order valence-electron chi connectivity index (χ2n) is 14.2. The predicted molar refractivity (Wildman–Crippen MR) is 238 cm³/mol. The van der Waals surface area contributed by atoms with Gasteiger partial charge >= 0.3 is 0 Å². The number of piperidine rings is 2. The maximum Gasteiger partial charge on any atom is 0.255 e. The van der Waals surface area contributed by atoms with Crippen LogP contribution in [0.1, 0.15) is 82.0 Å². The molecule has 3 aromatic carbocycles. The van der Waals surface area contributed by atoms with Gasteiger partial charge in [-0.2, -0.15) is 0 Å². The van der Waals surface area contributed by atoms with Crippen LogP contribution in [-0.4, -0.2) is 65.0 Å². The number of aromatic nitrogens is 1. The fourth-order valence-electron chi connectivity index (χ4n) is 7.12. The summed E-state index contributed by atoms with van der Waals surface area (Å²) < 4.78 is 54.2. The van der Waals surface area contributed by atoms with Crippen LogP contribution in [0, 0.1) is 29.8 Å².